The summed E-state index contributed by atoms with van der Waals surface area (Å²) in [6, 6.07) is 12.3. The van der Waals surface area contributed by atoms with Gasteiger partial charge >= 0.3 is 18.5 Å². The van der Waals surface area contributed by atoms with Gasteiger partial charge in [0.15, 0.2) is 0 Å². The van der Waals surface area contributed by atoms with E-state index in [0.29, 0.717) is 22.5 Å². The van der Waals surface area contributed by atoms with Crippen molar-refractivity contribution in [2.24, 2.45) is 10.8 Å². The Labute approximate surface area is 250 Å². The van der Waals surface area contributed by atoms with Crippen LogP contribution >= 0.6 is 0 Å². The van der Waals surface area contributed by atoms with Crippen molar-refractivity contribution in [1.82, 2.24) is 19.6 Å². The van der Waals surface area contributed by atoms with Gasteiger partial charge in [-0.25, -0.2) is 14.2 Å². The Kier molecular flexibility index (Phi) is 8.64. The van der Waals surface area contributed by atoms with E-state index in [1.54, 1.807) is 24.5 Å². The Balaban J connectivity index is 1.53. The number of ether oxygens (including phenoxy) is 2. The minimum Gasteiger partial charge on any atom is -0.408 e. The van der Waals surface area contributed by atoms with Gasteiger partial charge in [-0.15, -0.1) is 0 Å². The maximum absolute atomic E-state index is 13.2. The van der Waals surface area contributed by atoms with Crippen molar-refractivity contribution in [3.05, 3.63) is 84.2 Å². The molecule has 44 heavy (non-hydrogen) atoms. The molecule has 2 atom stereocenters. The van der Waals surface area contributed by atoms with E-state index in [1.807, 2.05) is 41.5 Å². The van der Waals surface area contributed by atoms with E-state index in [4.69, 9.17) is 9.47 Å². The molecule has 0 aliphatic rings. The SMILES string of the molecule is CC(C)(C)[C@H](OC(=O)O[C@H](n1ccc(-c2ccc(C(F)(F)F)cc2)n1)C(C)(C)C)n1ccc(-c2ccc(C(F)(F)F)cc2)n1. The normalized spacial score (nSPS) is 14.3. The molecule has 7 nitrogen and oxygen atoms in total. The molecule has 0 N–H and O–H groups in total. The van der Waals surface area contributed by atoms with Gasteiger partial charge in [-0.3, -0.25) is 0 Å². The lowest BCUT2D eigenvalue weighted by atomic mass is 9.94. The van der Waals surface area contributed by atoms with Crippen molar-refractivity contribution in [1.29, 1.82) is 0 Å². The monoisotopic (exact) mass is 622 g/mol. The van der Waals surface area contributed by atoms with E-state index >= 15 is 0 Å². The maximum Gasteiger partial charge on any atom is 0.512 e. The molecule has 13 heteroatoms. The summed E-state index contributed by atoms with van der Waals surface area (Å²) in [5.41, 5.74) is -1.27. The third-order valence-corrected chi connectivity index (χ3v) is 6.61. The third-order valence-electron chi connectivity index (χ3n) is 6.61. The first kappa shape index (κ1) is 32.6. The van der Waals surface area contributed by atoms with Gasteiger partial charge in [0.05, 0.1) is 22.5 Å². The average Bonchev–Trinajstić information content (AvgIpc) is 3.59. The molecule has 0 saturated heterocycles. The number of aromatic nitrogens is 4. The Bertz CT molecular complexity index is 1460. The molecule has 0 saturated carbocycles. The molecule has 4 aromatic rings. The highest BCUT2D eigenvalue weighted by Crippen LogP contribution is 2.37. The number of carbonyl (C=O) groups excluding carboxylic acids is 1. The van der Waals surface area contributed by atoms with E-state index in [0.717, 1.165) is 24.3 Å². The topological polar surface area (TPSA) is 71.2 Å². The molecule has 2 aromatic heterocycles. The molecule has 0 fully saturated rings. The fourth-order valence-corrected chi connectivity index (χ4v) is 4.37. The maximum atomic E-state index is 13.2. The average molecular weight is 623 g/mol. The quantitative estimate of drug-likeness (QED) is 0.158. The largest absolute Gasteiger partial charge is 0.512 e. The highest BCUT2D eigenvalue weighted by molar-refractivity contribution is 5.61. The van der Waals surface area contributed by atoms with Crippen molar-refractivity contribution >= 4 is 6.16 Å². The lowest BCUT2D eigenvalue weighted by Crippen LogP contribution is -2.34. The van der Waals surface area contributed by atoms with Crippen LogP contribution in [-0.2, 0) is 21.8 Å². The van der Waals surface area contributed by atoms with E-state index < -0.39 is 52.9 Å². The van der Waals surface area contributed by atoms with Gasteiger partial charge < -0.3 is 9.47 Å². The molecule has 0 amide bonds. The Hall–Kier alpha value is -4.29. The van der Waals surface area contributed by atoms with Gasteiger partial charge in [0.1, 0.15) is 0 Å². The summed E-state index contributed by atoms with van der Waals surface area (Å²) in [6.45, 7) is 10.9. The Morgan fingerprint density at radius 2 is 0.909 bits per heavy atom. The van der Waals surface area contributed by atoms with Crippen LogP contribution < -0.4 is 0 Å². The van der Waals surface area contributed by atoms with Crippen molar-refractivity contribution in [2.75, 3.05) is 0 Å². The first-order valence-electron chi connectivity index (χ1n) is 13.6. The zero-order valence-corrected chi connectivity index (χ0v) is 24.9. The van der Waals surface area contributed by atoms with E-state index in [-0.39, 0.29) is 0 Å². The highest BCUT2D eigenvalue weighted by Gasteiger charge is 2.36. The Morgan fingerprint density at radius 1 is 0.591 bits per heavy atom. The summed E-state index contributed by atoms with van der Waals surface area (Å²) < 4.78 is 92.1. The van der Waals surface area contributed by atoms with Gasteiger partial charge in [0.2, 0.25) is 12.5 Å². The van der Waals surface area contributed by atoms with Crippen LogP contribution in [0.2, 0.25) is 0 Å². The van der Waals surface area contributed by atoms with Gasteiger partial charge in [-0.05, 0) is 36.4 Å². The summed E-state index contributed by atoms with van der Waals surface area (Å²) in [5, 5.41) is 8.90. The number of hydrogen-bond acceptors (Lipinski definition) is 5. The van der Waals surface area contributed by atoms with Crippen LogP contribution in [0.25, 0.3) is 22.5 Å². The van der Waals surface area contributed by atoms with Crippen LogP contribution in [0.15, 0.2) is 73.1 Å². The van der Waals surface area contributed by atoms with Gasteiger partial charge in [-0.1, -0.05) is 65.8 Å². The molecule has 4 rings (SSSR count). The van der Waals surface area contributed by atoms with Crippen LogP contribution in [-0.4, -0.2) is 25.7 Å². The smallest absolute Gasteiger partial charge is 0.408 e. The Morgan fingerprint density at radius 3 is 1.18 bits per heavy atom. The minimum atomic E-state index is -4.46. The second-order valence-electron chi connectivity index (χ2n) is 12.4. The van der Waals surface area contributed by atoms with Crippen LogP contribution in [0.3, 0.4) is 0 Å². The zero-order chi connectivity index (χ0) is 32.7. The minimum absolute atomic E-state index is 0.379. The number of hydrogen-bond donors (Lipinski definition) is 0. The predicted octanol–water partition coefficient (Wildman–Crippen LogP) is 9.39. The number of carbonyl (C=O) groups is 1. The zero-order valence-electron chi connectivity index (χ0n) is 24.9. The summed E-state index contributed by atoms with van der Waals surface area (Å²) in [5.74, 6) is 0. The second-order valence-corrected chi connectivity index (χ2v) is 12.4. The molecular formula is C31H32F6N4O3. The molecule has 236 valence electrons. The fourth-order valence-electron chi connectivity index (χ4n) is 4.37. The second kappa shape index (κ2) is 11.7. The fraction of sp³-hybridized carbons (Fsp3) is 0.387. The molecule has 0 aliphatic carbocycles. The lowest BCUT2D eigenvalue weighted by Gasteiger charge is -2.33. The number of halogens is 6. The molecule has 0 aliphatic heterocycles. The first-order valence-corrected chi connectivity index (χ1v) is 13.6. The predicted molar refractivity (Wildman–Crippen MR) is 150 cm³/mol. The third kappa shape index (κ3) is 7.61. The van der Waals surface area contributed by atoms with Gasteiger partial charge in [0.25, 0.3) is 0 Å². The standard InChI is InChI=1S/C31H32F6N4O3/c1-28(2,3)25(40-17-15-23(38-40)19-7-11-21(12-8-19)30(32,33)34)43-27(42)44-26(29(4,5)6)41-18-16-24(39-41)20-9-13-22(14-10-20)31(35,36)37/h7-18,25-26H,1-6H3/t25-,26-/m0/s1. The van der Waals surface area contributed by atoms with Crippen LogP contribution in [0.5, 0.6) is 0 Å². The number of nitrogens with zero attached hydrogens (tertiary/aromatic N) is 4. The number of alkyl halides is 6. The lowest BCUT2D eigenvalue weighted by molar-refractivity contribution is -0.138. The number of rotatable bonds is 6. The van der Waals surface area contributed by atoms with Crippen LogP contribution in [0.4, 0.5) is 31.1 Å². The molecule has 2 heterocycles. The molecule has 0 unspecified atom stereocenters. The van der Waals surface area contributed by atoms with Crippen molar-refractivity contribution in [3.63, 3.8) is 0 Å². The summed E-state index contributed by atoms with van der Waals surface area (Å²) in [6.07, 6.45) is -8.76. The highest BCUT2D eigenvalue weighted by atomic mass is 19.4. The van der Waals surface area contributed by atoms with E-state index in [2.05, 4.69) is 10.2 Å². The van der Waals surface area contributed by atoms with Gasteiger partial charge in [-0.2, -0.15) is 36.5 Å². The van der Waals surface area contributed by atoms with Crippen molar-refractivity contribution < 1.29 is 40.6 Å². The van der Waals surface area contributed by atoms with Crippen LogP contribution in [0, 0.1) is 10.8 Å². The van der Waals surface area contributed by atoms with E-state index in [9.17, 15) is 31.1 Å². The molecule has 0 radical (unpaired) electrons. The molecule has 0 spiro atoms. The summed E-state index contributed by atoms with van der Waals surface area (Å²) in [4.78, 5) is 13.2. The summed E-state index contributed by atoms with van der Waals surface area (Å²) >= 11 is 0. The molecular weight excluding hydrogens is 590 g/mol. The van der Waals surface area contributed by atoms with E-state index in [1.165, 1.54) is 33.6 Å². The molecule has 2 aromatic carbocycles. The van der Waals surface area contributed by atoms with Crippen molar-refractivity contribution in [2.45, 2.75) is 66.4 Å². The molecule has 0 bridgehead atoms. The summed E-state index contributed by atoms with van der Waals surface area (Å²) in [7, 11) is 0. The van der Waals surface area contributed by atoms with Crippen molar-refractivity contribution in [3.8, 4) is 22.5 Å². The first-order chi connectivity index (χ1) is 20.2. The van der Waals surface area contributed by atoms with Crippen LogP contribution in [0.1, 0.15) is 65.1 Å². The van der Waals surface area contributed by atoms with Gasteiger partial charge in [0, 0.05) is 34.4 Å². The number of benzene rings is 2.